The number of ether oxygens (including phenoxy) is 1. The smallest absolute Gasteiger partial charge is 0.408 e. The lowest BCUT2D eigenvalue weighted by atomic mass is 9.96. The van der Waals surface area contributed by atoms with Gasteiger partial charge in [0.05, 0.1) is 6.54 Å². The molecule has 0 spiro atoms. The van der Waals surface area contributed by atoms with Gasteiger partial charge in [0.15, 0.2) is 0 Å². The number of carbonyl (C=O) groups is 5. The van der Waals surface area contributed by atoms with Crippen LogP contribution in [0.1, 0.15) is 47.5 Å². The summed E-state index contributed by atoms with van der Waals surface area (Å²) >= 11 is 0. The zero-order chi connectivity index (χ0) is 28.7. The molecule has 1 aromatic heterocycles. The molecular weight excluding hydrogens is 506 g/mol. The summed E-state index contributed by atoms with van der Waals surface area (Å²) in [6.45, 7) is 10.1. The molecule has 6 atom stereocenters. The SMILES string of the molecule is CC(C)(C)OC(=O)N[C@@H](Cn1cccn1)C(=O)N1C[C@H]2[C@@H]([C@H]1C(=O)N[C@@H](C[C@@H]1CCNC1=O)C(N)=O)C2(C)C. The molecule has 214 valence electrons. The molecule has 3 aliphatic rings. The van der Waals surface area contributed by atoms with Gasteiger partial charge in [-0.15, -0.1) is 0 Å². The number of nitrogens with two attached hydrogens (primary N) is 1. The van der Waals surface area contributed by atoms with Crippen molar-refractivity contribution in [3.63, 3.8) is 0 Å². The van der Waals surface area contributed by atoms with Gasteiger partial charge in [0.25, 0.3) is 0 Å². The van der Waals surface area contributed by atoms with Gasteiger partial charge in [-0.1, -0.05) is 13.8 Å². The van der Waals surface area contributed by atoms with Crippen molar-refractivity contribution in [3.05, 3.63) is 18.5 Å². The number of rotatable bonds is 9. The summed E-state index contributed by atoms with van der Waals surface area (Å²) < 4.78 is 6.89. The molecule has 3 fully saturated rings. The third-order valence-corrected chi connectivity index (χ3v) is 8.02. The molecule has 4 rings (SSSR count). The minimum atomic E-state index is -1.05. The van der Waals surface area contributed by atoms with Gasteiger partial charge < -0.3 is 31.3 Å². The van der Waals surface area contributed by atoms with Gasteiger partial charge in [0, 0.05) is 31.4 Å². The number of hydrogen-bond donors (Lipinski definition) is 4. The first kappa shape index (κ1) is 28.4. The minimum absolute atomic E-state index is 0.0370. The molecule has 13 heteroatoms. The summed E-state index contributed by atoms with van der Waals surface area (Å²) in [5, 5.41) is 12.2. The van der Waals surface area contributed by atoms with Crippen LogP contribution in [-0.2, 0) is 30.5 Å². The first-order valence-corrected chi connectivity index (χ1v) is 13.3. The van der Waals surface area contributed by atoms with Crippen LogP contribution < -0.4 is 21.7 Å². The first-order chi connectivity index (χ1) is 18.2. The molecule has 5 amide bonds. The molecule has 1 aliphatic carbocycles. The molecule has 0 radical (unpaired) electrons. The second-order valence-electron chi connectivity index (χ2n) is 12.3. The number of alkyl carbamates (subject to hydrolysis) is 1. The molecule has 1 aromatic rings. The van der Waals surface area contributed by atoms with Crippen molar-refractivity contribution >= 4 is 29.7 Å². The summed E-state index contributed by atoms with van der Waals surface area (Å²) in [7, 11) is 0. The second-order valence-corrected chi connectivity index (χ2v) is 12.3. The molecule has 3 heterocycles. The Bertz CT molecular complexity index is 1130. The predicted molar refractivity (Wildman–Crippen MR) is 139 cm³/mol. The van der Waals surface area contributed by atoms with E-state index in [1.165, 1.54) is 9.58 Å². The van der Waals surface area contributed by atoms with Crippen LogP contribution in [-0.4, -0.2) is 81.2 Å². The van der Waals surface area contributed by atoms with E-state index in [0.29, 0.717) is 19.5 Å². The number of nitrogens with one attached hydrogen (secondary N) is 3. The third-order valence-electron chi connectivity index (χ3n) is 8.02. The van der Waals surface area contributed by atoms with Crippen LogP contribution in [0.4, 0.5) is 4.79 Å². The van der Waals surface area contributed by atoms with Crippen molar-refractivity contribution in [3.8, 4) is 0 Å². The van der Waals surface area contributed by atoms with E-state index in [1.54, 1.807) is 39.2 Å². The van der Waals surface area contributed by atoms with Crippen molar-refractivity contribution in [2.45, 2.75) is 77.7 Å². The lowest BCUT2D eigenvalue weighted by molar-refractivity contribution is -0.143. The van der Waals surface area contributed by atoms with Gasteiger partial charge >= 0.3 is 6.09 Å². The molecule has 0 unspecified atom stereocenters. The molecule has 2 saturated heterocycles. The number of fused-ring (bicyclic) bond motifs is 1. The van der Waals surface area contributed by atoms with E-state index in [1.807, 2.05) is 13.8 Å². The van der Waals surface area contributed by atoms with Gasteiger partial charge in [-0.2, -0.15) is 5.10 Å². The molecule has 1 saturated carbocycles. The molecule has 13 nitrogen and oxygen atoms in total. The fourth-order valence-electron chi connectivity index (χ4n) is 5.90. The average molecular weight is 546 g/mol. The normalized spacial score (nSPS) is 26.7. The Balaban J connectivity index is 1.54. The number of piperidine rings is 1. The van der Waals surface area contributed by atoms with Crippen LogP contribution in [0.2, 0.25) is 0 Å². The number of hydrogen-bond acceptors (Lipinski definition) is 7. The minimum Gasteiger partial charge on any atom is -0.444 e. The highest BCUT2D eigenvalue weighted by molar-refractivity contribution is 5.95. The molecule has 39 heavy (non-hydrogen) atoms. The van der Waals surface area contributed by atoms with Crippen molar-refractivity contribution in [1.29, 1.82) is 0 Å². The number of nitrogens with zero attached hydrogens (tertiary/aromatic N) is 3. The highest BCUT2D eigenvalue weighted by Gasteiger charge is 2.69. The number of carbonyl (C=O) groups excluding carboxylic acids is 5. The topological polar surface area (TPSA) is 178 Å². The van der Waals surface area contributed by atoms with Gasteiger partial charge in [-0.3, -0.25) is 23.9 Å². The fourth-order valence-corrected chi connectivity index (χ4v) is 5.90. The zero-order valence-corrected chi connectivity index (χ0v) is 23.1. The van der Waals surface area contributed by atoms with Crippen LogP contribution in [0.5, 0.6) is 0 Å². The Morgan fingerprint density at radius 2 is 1.95 bits per heavy atom. The Kier molecular flexibility index (Phi) is 7.63. The predicted octanol–water partition coefficient (Wildman–Crippen LogP) is -0.244. The maximum Gasteiger partial charge on any atom is 0.408 e. The maximum atomic E-state index is 13.9. The van der Waals surface area contributed by atoms with Crippen LogP contribution in [0.15, 0.2) is 18.5 Å². The number of primary amides is 1. The second kappa shape index (κ2) is 10.5. The molecule has 0 aromatic carbocycles. The molecule has 0 bridgehead atoms. The van der Waals surface area contributed by atoms with E-state index in [2.05, 4.69) is 21.0 Å². The summed E-state index contributed by atoms with van der Waals surface area (Å²) in [4.78, 5) is 65.9. The summed E-state index contributed by atoms with van der Waals surface area (Å²) in [5.41, 5.74) is 4.64. The quantitative estimate of drug-likeness (QED) is 0.331. The van der Waals surface area contributed by atoms with Crippen LogP contribution in [0.3, 0.4) is 0 Å². The van der Waals surface area contributed by atoms with E-state index in [-0.39, 0.29) is 36.1 Å². The lowest BCUT2D eigenvalue weighted by Crippen LogP contribution is -2.59. The molecule has 2 aliphatic heterocycles. The zero-order valence-electron chi connectivity index (χ0n) is 23.1. The monoisotopic (exact) mass is 545 g/mol. The Morgan fingerprint density at radius 3 is 2.51 bits per heavy atom. The van der Waals surface area contributed by atoms with Crippen molar-refractivity contribution in [1.82, 2.24) is 30.6 Å². The largest absolute Gasteiger partial charge is 0.444 e. The Hall–Kier alpha value is -3.64. The highest BCUT2D eigenvalue weighted by atomic mass is 16.6. The van der Waals surface area contributed by atoms with Crippen LogP contribution >= 0.6 is 0 Å². The first-order valence-electron chi connectivity index (χ1n) is 13.3. The molecule has 5 N–H and O–H groups in total. The Morgan fingerprint density at radius 1 is 1.23 bits per heavy atom. The lowest BCUT2D eigenvalue weighted by Gasteiger charge is -2.34. The molecular formula is C26H39N7O6. The maximum absolute atomic E-state index is 13.9. The van der Waals surface area contributed by atoms with Gasteiger partial charge in [-0.05, 0) is 56.9 Å². The van der Waals surface area contributed by atoms with Gasteiger partial charge in [0.2, 0.25) is 23.6 Å². The summed E-state index contributed by atoms with van der Waals surface area (Å²) in [5.74, 6) is -2.34. The fraction of sp³-hybridized carbons (Fsp3) is 0.692. The van der Waals surface area contributed by atoms with E-state index < -0.39 is 53.5 Å². The van der Waals surface area contributed by atoms with Crippen LogP contribution in [0, 0.1) is 23.2 Å². The number of likely N-dealkylation sites (tertiary alicyclic amines) is 1. The highest BCUT2D eigenvalue weighted by Crippen LogP contribution is 2.64. The van der Waals surface area contributed by atoms with E-state index >= 15 is 0 Å². The van der Waals surface area contributed by atoms with Crippen molar-refractivity contribution < 1.29 is 28.7 Å². The average Bonchev–Trinajstić information content (AvgIpc) is 3.37. The van der Waals surface area contributed by atoms with E-state index in [9.17, 15) is 24.0 Å². The summed E-state index contributed by atoms with van der Waals surface area (Å²) in [6.07, 6.45) is 3.11. The van der Waals surface area contributed by atoms with Gasteiger partial charge in [-0.25, -0.2) is 4.79 Å². The van der Waals surface area contributed by atoms with Crippen LogP contribution in [0.25, 0.3) is 0 Å². The van der Waals surface area contributed by atoms with E-state index in [0.717, 1.165) is 0 Å². The number of aromatic nitrogens is 2. The van der Waals surface area contributed by atoms with Crippen molar-refractivity contribution in [2.24, 2.45) is 28.9 Å². The Labute approximate surface area is 227 Å². The number of amides is 5. The van der Waals surface area contributed by atoms with Crippen molar-refractivity contribution in [2.75, 3.05) is 13.1 Å². The third kappa shape index (κ3) is 6.17. The standard InChI is InChI=1S/C26H39N7O6/c1-25(2,3)39-24(38)31-17(13-32-10-6-8-29-32)23(37)33-12-15-18(26(15,4)5)19(33)22(36)30-16(20(27)34)11-14-7-9-28-21(14)35/h6,8,10,14-19H,7,9,11-13H2,1-5H3,(H2,27,34)(H,28,35)(H,30,36)(H,31,38)/t14-,15-,16-,17-,18-,19-/m0/s1. The summed E-state index contributed by atoms with van der Waals surface area (Å²) in [6, 6.07) is -1.26. The van der Waals surface area contributed by atoms with Gasteiger partial charge in [0.1, 0.15) is 23.7 Å². The van der Waals surface area contributed by atoms with E-state index in [4.69, 9.17) is 10.5 Å².